The Kier molecular flexibility index (Phi) is 46.6. The van der Waals surface area contributed by atoms with Gasteiger partial charge in [-0.2, -0.15) is 0 Å². The molecule has 29 unspecified atom stereocenters. The van der Waals surface area contributed by atoms with E-state index in [9.17, 15) is 121 Å². The number of aliphatic carboxylic acids is 2. The van der Waals surface area contributed by atoms with Crippen molar-refractivity contribution in [2.45, 2.75) is 404 Å². The molecule has 0 aliphatic carbocycles. The molecule has 0 aromatic rings. The van der Waals surface area contributed by atoms with Gasteiger partial charge in [-0.25, -0.2) is 9.59 Å². The number of carbonyl (C=O) groups is 6. The summed E-state index contributed by atoms with van der Waals surface area (Å²) < 4.78 is 60.2. The fourth-order valence-electron chi connectivity index (χ4n) is 15.7. The lowest BCUT2D eigenvalue weighted by Crippen LogP contribution is -2.72. The predicted octanol–water partition coefficient (Wildman–Crippen LogP) is -0.602. The number of hydrogen-bond acceptors (Lipinski definition) is 32. The number of carbonyl (C=O) groups excluding carboxylic acids is 4. The molecule has 0 radical (unpaired) electrons. The number of aliphatic hydroxyl groups excluding tert-OH is 16. The molecule has 0 saturated carbocycles. The van der Waals surface area contributed by atoms with E-state index in [0.29, 0.717) is 12.8 Å². The van der Waals surface area contributed by atoms with Gasteiger partial charge in [0.2, 0.25) is 17.7 Å². The zero-order valence-corrected chi connectivity index (χ0v) is 68.0. The number of amides is 3. The number of ketones is 1. The smallest absolute Gasteiger partial charge is 0.364 e. The van der Waals surface area contributed by atoms with E-state index >= 15 is 0 Å². The number of hydrogen-bond donors (Lipinski definition) is 21. The van der Waals surface area contributed by atoms with Crippen molar-refractivity contribution in [3.8, 4) is 0 Å². The maximum absolute atomic E-state index is 14.2. The van der Waals surface area contributed by atoms with E-state index in [0.717, 1.165) is 104 Å². The van der Waals surface area contributed by atoms with Crippen LogP contribution in [-0.4, -0.2) is 338 Å². The number of unbranched alkanes of at least 4 members (excludes halogenated alkanes) is 23. The average Bonchev–Trinajstić information content (AvgIpc) is 0.751. The third-order valence-corrected chi connectivity index (χ3v) is 22.3. The van der Waals surface area contributed by atoms with Crippen molar-refractivity contribution < 1.29 is 168 Å². The number of allylic oxidation sites excluding steroid dienone is 2. The van der Waals surface area contributed by atoms with Crippen molar-refractivity contribution >= 4 is 35.4 Å². The first-order valence-electron chi connectivity index (χ1n) is 41.9. The van der Waals surface area contributed by atoms with Gasteiger partial charge in [0.05, 0.1) is 82.2 Å². The van der Waals surface area contributed by atoms with Gasteiger partial charge in [0.25, 0.3) is 11.6 Å². The summed E-state index contributed by atoms with van der Waals surface area (Å²) in [4.78, 5) is 79.2. The lowest BCUT2D eigenvalue weighted by molar-refractivity contribution is -0.404. The number of carboxylic acid groups (broad SMARTS) is 2. The molecule has 5 heterocycles. The van der Waals surface area contributed by atoms with Gasteiger partial charge in [-0.3, -0.25) is 14.4 Å². The molecule has 37 heteroatoms. The van der Waals surface area contributed by atoms with Crippen molar-refractivity contribution in [3.05, 3.63) is 12.2 Å². The molecule has 37 nitrogen and oxygen atoms in total. The maximum atomic E-state index is 14.2. The molecule has 5 fully saturated rings. The number of rotatable bonds is 57. The number of nitrogens with one attached hydrogen (secondary N) is 3. The van der Waals surface area contributed by atoms with E-state index in [1.54, 1.807) is 0 Å². The third-order valence-electron chi connectivity index (χ3n) is 22.3. The van der Waals surface area contributed by atoms with Crippen LogP contribution in [0.5, 0.6) is 0 Å². The monoisotopic (exact) mass is 1670 g/mol. The lowest BCUT2D eigenvalue weighted by Gasteiger charge is -2.52. The van der Waals surface area contributed by atoms with Crippen molar-refractivity contribution in [3.63, 3.8) is 0 Å². The van der Waals surface area contributed by atoms with Gasteiger partial charge in [0, 0.05) is 45.4 Å². The van der Waals surface area contributed by atoms with Gasteiger partial charge < -0.3 is 160 Å². The molecule has 5 aliphatic heterocycles. The summed E-state index contributed by atoms with van der Waals surface area (Å²) in [5.41, 5.74) is 0. The first kappa shape index (κ1) is 102. The van der Waals surface area contributed by atoms with Crippen LogP contribution in [0.15, 0.2) is 12.2 Å². The van der Waals surface area contributed by atoms with Crippen LogP contribution in [0, 0.1) is 5.92 Å². The molecule has 3 amide bonds. The Labute approximate surface area is 679 Å². The topological polar surface area (TPSA) is 595 Å². The lowest BCUT2D eigenvalue weighted by atomic mass is 9.86. The number of carboxylic acids is 2. The van der Waals surface area contributed by atoms with Crippen molar-refractivity contribution in [2.75, 3.05) is 39.6 Å². The zero-order chi connectivity index (χ0) is 85.8. The van der Waals surface area contributed by atoms with Crippen LogP contribution in [0.2, 0.25) is 0 Å². The van der Waals surface area contributed by atoms with Crippen molar-refractivity contribution in [2.24, 2.45) is 5.92 Å². The fraction of sp³-hybridized carbons (Fsp3) is 0.899. The van der Waals surface area contributed by atoms with Gasteiger partial charge in [-0.1, -0.05) is 161 Å². The Morgan fingerprint density at radius 1 is 0.483 bits per heavy atom. The molecule has 0 spiro atoms. The molecule has 0 bridgehead atoms. The van der Waals surface area contributed by atoms with Crippen LogP contribution in [0.3, 0.4) is 0 Å². The number of ether oxygens (including phenoxy) is 10. The molecule has 116 heavy (non-hydrogen) atoms. The zero-order valence-electron chi connectivity index (χ0n) is 68.0. The highest BCUT2D eigenvalue weighted by Gasteiger charge is 2.64. The molecule has 0 aromatic heterocycles. The Bertz CT molecular complexity index is 2860. The maximum Gasteiger partial charge on any atom is 0.364 e. The highest BCUT2D eigenvalue weighted by atomic mass is 16.8. The normalized spacial score (nSPS) is 33.3. The summed E-state index contributed by atoms with van der Waals surface area (Å²) in [5.74, 6) is -15.9. The Balaban J connectivity index is 1.44. The summed E-state index contributed by atoms with van der Waals surface area (Å²) in [5, 5.41) is 211. The van der Waals surface area contributed by atoms with Crippen LogP contribution in [0.4, 0.5) is 0 Å². The largest absolute Gasteiger partial charge is 0.477 e. The van der Waals surface area contributed by atoms with E-state index in [4.69, 9.17) is 47.4 Å². The Morgan fingerprint density at radius 3 is 1.44 bits per heavy atom. The molecule has 674 valence electrons. The minimum atomic E-state index is -3.57. The van der Waals surface area contributed by atoms with Gasteiger partial charge >= 0.3 is 11.9 Å². The third kappa shape index (κ3) is 30.9. The quantitative estimate of drug-likeness (QED) is 0.0267. The van der Waals surface area contributed by atoms with Gasteiger partial charge in [-0.15, -0.1) is 0 Å². The molecule has 29 atom stereocenters. The highest BCUT2D eigenvalue weighted by molar-refractivity contribution is 5.78. The first-order chi connectivity index (χ1) is 55.3. The Hall–Kier alpha value is -4.28. The minimum Gasteiger partial charge on any atom is -0.477 e. The van der Waals surface area contributed by atoms with Gasteiger partial charge in [0.15, 0.2) is 18.9 Å². The fourth-order valence-corrected chi connectivity index (χ4v) is 15.7. The van der Waals surface area contributed by atoms with Crippen LogP contribution in [-0.2, 0) is 76.1 Å². The molecule has 21 N–H and O–H groups in total. The molecule has 5 saturated heterocycles. The SMILES string of the molecule is CCCCCCC=CCCCCCCCCCC(=O)NC(COC1OC(CO)C(OC2OC(CO)C(OC3OC(CO)C(O)C(O)C3CC(C)=O)C(OC3(C(=O)O)CC(O)C(NC(C)=O)C(C(O)C(CO)OC4(C(=O)O)CC(O)C(NC(C)=O)C(C(O)C(O)CO)O4)O3)C2O)C(O)C1O)C(O)CCCCCCCCCCCCCCC. The predicted molar refractivity (Wildman–Crippen MR) is 408 cm³/mol. The number of Topliss-reactive ketones (excluding diaryl/α,β-unsaturated/α-hetero) is 1. The van der Waals surface area contributed by atoms with E-state index in [1.165, 1.54) is 70.6 Å². The summed E-state index contributed by atoms with van der Waals surface area (Å²) in [6.07, 6.45) is -19.9. The first-order valence-corrected chi connectivity index (χ1v) is 41.9. The summed E-state index contributed by atoms with van der Waals surface area (Å²) >= 11 is 0. The van der Waals surface area contributed by atoms with Crippen LogP contribution >= 0.6 is 0 Å². The van der Waals surface area contributed by atoms with E-state index in [2.05, 4.69) is 41.9 Å². The molecular formula is C79H139N3O34. The van der Waals surface area contributed by atoms with Crippen LogP contribution in [0.1, 0.15) is 234 Å². The Morgan fingerprint density at radius 2 is 0.940 bits per heavy atom. The standard InChI is InChI=1S/C79H139N3O34/c1-6-8-10-12-14-16-18-20-21-23-25-27-29-31-33-35-58(95)82-49(50(91)34-32-30-28-26-24-22-19-17-15-13-11-9-7-2)44-107-74-66(101)65(100)68(56(42-86)109-74)111-75-67(102)72(69(57(43-87)110-75)112-73-48(36-45(3)88)61(96)63(98)54(40-84)108-73)116-79(77(105)106)38-52(93)60(81-47(5)90)71(115-79)64(99)55(41-85)113-78(76(103)104)37-51(92)59(80-46(4)89)70(114-78)62(97)53(94)39-83/h16,18,48-57,59-75,83-87,91-94,96-102H,6-15,17,19-44H2,1-5H3,(H,80,89)(H,81,90)(H,82,95)(H,103,104)(H,105,106). The molecule has 0 aromatic carbocycles. The van der Waals surface area contributed by atoms with Gasteiger partial charge in [0.1, 0.15) is 103 Å². The van der Waals surface area contributed by atoms with E-state index in [-0.39, 0.29) is 18.7 Å². The molecule has 5 aliphatic rings. The number of aliphatic hydroxyl groups is 16. The second-order valence-electron chi connectivity index (χ2n) is 31.8. The van der Waals surface area contributed by atoms with Crippen molar-refractivity contribution in [1.29, 1.82) is 0 Å². The summed E-state index contributed by atoms with van der Waals surface area (Å²) in [6.45, 7) is 0.759. The minimum absolute atomic E-state index is 0.130. The molecule has 5 rings (SSSR count). The van der Waals surface area contributed by atoms with Crippen LogP contribution in [0.25, 0.3) is 0 Å². The van der Waals surface area contributed by atoms with Gasteiger partial charge in [-0.05, 0) is 45.4 Å². The molecular weight excluding hydrogens is 1530 g/mol. The second-order valence-corrected chi connectivity index (χ2v) is 31.8. The summed E-state index contributed by atoms with van der Waals surface area (Å²) in [6, 6.07) is -4.87. The van der Waals surface area contributed by atoms with Crippen molar-refractivity contribution in [1.82, 2.24) is 16.0 Å². The van der Waals surface area contributed by atoms with E-state index in [1.807, 2.05) is 0 Å². The highest BCUT2D eigenvalue weighted by Crippen LogP contribution is 2.43. The van der Waals surface area contributed by atoms with E-state index < -0.39 is 265 Å². The summed E-state index contributed by atoms with van der Waals surface area (Å²) in [7, 11) is 0. The second kappa shape index (κ2) is 52.9. The van der Waals surface area contributed by atoms with Crippen LogP contribution < -0.4 is 16.0 Å². The average molecular weight is 1670 g/mol.